The van der Waals surface area contributed by atoms with Gasteiger partial charge in [-0.2, -0.15) is 0 Å². The fraction of sp³-hybridized carbons (Fsp3) is 0.231. The van der Waals surface area contributed by atoms with Crippen LogP contribution in [-0.2, 0) is 10.0 Å². The SMILES string of the molecule is O=[N+]([O-])c1ccc(S(=O)(=O)Nc2ncc(Br)c(C3CNC3)n2)cc1. The molecule has 2 heterocycles. The second kappa shape index (κ2) is 6.42. The van der Waals surface area contributed by atoms with Gasteiger partial charge in [-0.25, -0.2) is 23.1 Å². The Morgan fingerprint density at radius 2 is 1.96 bits per heavy atom. The summed E-state index contributed by atoms with van der Waals surface area (Å²) >= 11 is 3.36. The monoisotopic (exact) mass is 413 g/mol. The molecule has 1 aromatic heterocycles. The number of hydrogen-bond donors (Lipinski definition) is 2. The van der Waals surface area contributed by atoms with Gasteiger partial charge >= 0.3 is 0 Å². The number of nitrogens with one attached hydrogen (secondary N) is 2. The molecule has 0 saturated carbocycles. The number of nitro groups is 1. The van der Waals surface area contributed by atoms with E-state index >= 15 is 0 Å². The van der Waals surface area contributed by atoms with Crippen molar-refractivity contribution in [3.8, 4) is 0 Å². The Hall–Kier alpha value is -2.11. The van der Waals surface area contributed by atoms with Crippen LogP contribution in [0.15, 0.2) is 39.8 Å². The smallest absolute Gasteiger partial charge is 0.269 e. The lowest BCUT2D eigenvalue weighted by Crippen LogP contribution is -2.40. The van der Waals surface area contributed by atoms with Crippen LogP contribution in [0.1, 0.15) is 11.6 Å². The summed E-state index contributed by atoms with van der Waals surface area (Å²) in [7, 11) is -3.93. The molecule has 0 bridgehead atoms. The van der Waals surface area contributed by atoms with Crippen LogP contribution in [0, 0.1) is 10.1 Å². The van der Waals surface area contributed by atoms with Gasteiger partial charge in [0.05, 0.1) is 20.0 Å². The van der Waals surface area contributed by atoms with Crippen LogP contribution in [0.2, 0.25) is 0 Å². The van der Waals surface area contributed by atoms with Gasteiger partial charge in [0, 0.05) is 37.3 Å². The van der Waals surface area contributed by atoms with Crippen LogP contribution in [0.4, 0.5) is 11.6 Å². The first-order valence-corrected chi connectivity index (χ1v) is 9.15. The average molecular weight is 414 g/mol. The second-order valence-electron chi connectivity index (χ2n) is 5.14. The summed E-state index contributed by atoms with van der Waals surface area (Å²) in [5, 5.41) is 13.8. The minimum absolute atomic E-state index is 0.0431. The van der Waals surface area contributed by atoms with Gasteiger partial charge in [-0.05, 0) is 28.1 Å². The fourth-order valence-electron chi connectivity index (χ4n) is 2.12. The van der Waals surface area contributed by atoms with E-state index in [0.29, 0.717) is 4.47 Å². The van der Waals surface area contributed by atoms with Gasteiger partial charge in [-0.3, -0.25) is 10.1 Å². The number of benzene rings is 1. The van der Waals surface area contributed by atoms with Crippen LogP contribution in [0.3, 0.4) is 0 Å². The van der Waals surface area contributed by atoms with E-state index < -0.39 is 14.9 Å². The summed E-state index contributed by atoms with van der Waals surface area (Å²) in [6, 6.07) is 4.58. The van der Waals surface area contributed by atoms with E-state index in [0.717, 1.165) is 43.0 Å². The van der Waals surface area contributed by atoms with Gasteiger partial charge in [0.15, 0.2) is 0 Å². The Kier molecular flexibility index (Phi) is 4.47. The molecule has 1 saturated heterocycles. The van der Waals surface area contributed by atoms with Crippen molar-refractivity contribution in [1.29, 1.82) is 0 Å². The van der Waals surface area contributed by atoms with E-state index in [-0.39, 0.29) is 22.4 Å². The minimum atomic E-state index is -3.93. The summed E-state index contributed by atoms with van der Waals surface area (Å²) in [4.78, 5) is 18.1. The zero-order valence-electron chi connectivity index (χ0n) is 12.1. The van der Waals surface area contributed by atoms with Crippen LogP contribution >= 0.6 is 15.9 Å². The number of nitro benzene ring substituents is 1. The molecular weight excluding hydrogens is 402 g/mol. The van der Waals surface area contributed by atoms with E-state index in [2.05, 4.69) is 35.9 Å². The predicted octanol–water partition coefficient (Wildman–Crippen LogP) is 1.63. The van der Waals surface area contributed by atoms with Crippen LogP contribution in [0.5, 0.6) is 0 Å². The molecule has 0 unspecified atom stereocenters. The van der Waals surface area contributed by atoms with Crippen LogP contribution in [0.25, 0.3) is 0 Å². The standard InChI is InChI=1S/C13H12BrN5O4S/c14-11-7-16-13(17-12(11)8-5-15-6-8)18-24(22,23)10-3-1-9(2-4-10)19(20)21/h1-4,7-8,15H,5-6H2,(H,16,17,18). The van der Waals surface area contributed by atoms with Gasteiger partial charge in [0.25, 0.3) is 15.7 Å². The molecule has 3 rings (SSSR count). The number of sulfonamides is 1. The van der Waals surface area contributed by atoms with Crippen molar-refractivity contribution in [3.05, 3.63) is 50.7 Å². The van der Waals surface area contributed by atoms with E-state index in [1.807, 2.05) is 0 Å². The molecule has 2 aromatic rings. The number of non-ortho nitro benzene ring substituents is 1. The predicted molar refractivity (Wildman–Crippen MR) is 89.2 cm³/mol. The maximum absolute atomic E-state index is 12.3. The third-order valence-electron chi connectivity index (χ3n) is 3.52. The van der Waals surface area contributed by atoms with Crippen molar-refractivity contribution < 1.29 is 13.3 Å². The van der Waals surface area contributed by atoms with Gasteiger partial charge in [-0.15, -0.1) is 0 Å². The summed E-state index contributed by atoms with van der Waals surface area (Å²) < 4.78 is 27.7. The van der Waals surface area contributed by atoms with Gasteiger partial charge in [0.1, 0.15) is 0 Å². The first kappa shape index (κ1) is 16.7. The number of nitrogens with zero attached hydrogens (tertiary/aromatic N) is 3. The largest absolute Gasteiger partial charge is 0.315 e. The van der Waals surface area contributed by atoms with E-state index in [4.69, 9.17) is 0 Å². The summed E-state index contributed by atoms with van der Waals surface area (Å²) in [5.41, 5.74) is 0.541. The molecule has 126 valence electrons. The Bertz CT molecular complexity index is 884. The molecule has 0 amide bonds. The number of hydrogen-bond acceptors (Lipinski definition) is 7. The molecule has 0 radical (unpaired) electrons. The Morgan fingerprint density at radius 1 is 1.29 bits per heavy atom. The number of aromatic nitrogens is 2. The van der Waals surface area contributed by atoms with E-state index in [1.165, 1.54) is 6.20 Å². The highest BCUT2D eigenvalue weighted by atomic mass is 79.9. The molecule has 1 aliphatic rings. The first-order valence-electron chi connectivity index (χ1n) is 6.87. The lowest BCUT2D eigenvalue weighted by Gasteiger charge is -2.27. The maximum Gasteiger partial charge on any atom is 0.269 e. The number of halogens is 1. The molecule has 9 nitrogen and oxygen atoms in total. The van der Waals surface area contributed by atoms with Crippen LogP contribution in [-0.4, -0.2) is 36.4 Å². The molecule has 0 aliphatic carbocycles. The van der Waals surface area contributed by atoms with Crippen molar-refractivity contribution in [1.82, 2.24) is 15.3 Å². The molecule has 11 heteroatoms. The minimum Gasteiger partial charge on any atom is -0.315 e. The van der Waals surface area contributed by atoms with E-state index in [9.17, 15) is 18.5 Å². The Morgan fingerprint density at radius 3 is 2.50 bits per heavy atom. The molecular formula is C13H12BrN5O4S. The highest BCUT2D eigenvalue weighted by Gasteiger charge is 2.24. The quantitative estimate of drug-likeness (QED) is 0.562. The van der Waals surface area contributed by atoms with Crippen molar-refractivity contribution in [2.45, 2.75) is 10.8 Å². The molecule has 1 aliphatic heterocycles. The Balaban J connectivity index is 1.85. The zero-order valence-corrected chi connectivity index (χ0v) is 14.5. The van der Waals surface area contributed by atoms with Crippen molar-refractivity contribution in [2.75, 3.05) is 17.8 Å². The van der Waals surface area contributed by atoms with Gasteiger partial charge in [0.2, 0.25) is 5.95 Å². The maximum atomic E-state index is 12.3. The summed E-state index contributed by atoms with van der Waals surface area (Å²) in [6.45, 7) is 1.54. The molecule has 0 spiro atoms. The zero-order chi connectivity index (χ0) is 17.3. The third-order valence-corrected chi connectivity index (χ3v) is 5.48. The topological polar surface area (TPSA) is 127 Å². The highest BCUT2D eigenvalue weighted by molar-refractivity contribution is 9.10. The van der Waals surface area contributed by atoms with Gasteiger partial charge < -0.3 is 5.32 Å². The average Bonchev–Trinajstić information content (AvgIpc) is 2.49. The molecule has 24 heavy (non-hydrogen) atoms. The third kappa shape index (κ3) is 3.37. The molecule has 2 N–H and O–H groups in total. The normalized spacial score (nSPS) is 14.9. The van der Waals surface area contributed by atoms with Crippen molar-refractivity contribution in [2.24, 2.45) is 0 Å². The summed E-state index contributed by atoms with van der Waals surface area (Å²) in [6.07, 6.45) is 1.49. The Labute approximate surface area is 145 Å². The van der Waals surface area contributed by atoms with Gasteiger partial charge in [-0.1, -0.05) is 0 Å². The lowest BCUT2D eigenvalue weighted by atomic mass is 9.99. The number of rotatable bonds is 5. The number of anilines is 1. The lowest BCUT2D eigenvalue weighted by molar-refractivity contribution is -0.384. The molecule has 0 atom stereocenters. The van der Waals surface area contributed by atoms with Crippen molar-refractivity contribution >= 4 is 37.6 Å². The summed E-state index contributed by atoms with van der Waals surface area (Å²) in [5.74, 6) is 0.156. The second-order valence-corrected chi connectivity index (χ2v) is 7.68. The first-order chi connectivity index (χ1) is 11.4. The van der Waals surface area contributed by atoms with Crippen molar-refractivity contribution in [3.63, 3.8) is 0 Å². The molecule has 1 aromatic carbocycles. The molecule has 1 fully saturated rings. The highest BCUT2D eigenvalue weighted by Crippen LogP contribution is 2.27. The van der Waals surface area contributed by atoms with E-state index in [1.54, 1.807) is 0 Å². The van der Waals surface area contributed by atoms with Crippen LogP contribution < -0.4 is 10.0 Å². The fourth-order valence-corrected chi connectivity index (χ4v) is 3.59.